The molecule has 0 saturated carbocycles. The van der Waals surface area contributed by atoms with E-state index in [9.17, 15) is 18.0 Å². The van der Waals surface area contributed by atoms with Crippen LogP contribution in [0, 0.1) is 0 Å². The van der Waals surface area contributed by atoms with Crippen LogP contribution in [-0.2, 0) is 26.1 Å². The lowest BCUT2D eigenvalue weighted by Crippen LogP contribution is -2.30. The number of aryl methyl sites for hydroxylation is 1. The van der Waals surface area contributed by atoms with E-state index in [1.165, 1.54) is 37.3 Å². The van der Waals surface area contributed by atoms with Gasteiger partial charge in [0.1, 0.15) is 4.90 Å². The van der Waals surface area contributed by atoms with Gasteiger partial charge in [0, 0.05) is 39.1 Å². The number of nitrogens with one attached hydrogen (secondary N) is 2. The van der Waals surface area contributed by atoms with Gasteiger partial charge in [0.15, 0.2) is 6.10 Å². The first-order valence-corrected chi connectivity index (χ1v) is 14.9. The van der Waals surface area contributed by atoms with Crippen molar-refractivity contribution in [3.05, 3.63) is 101 Å². The molecule has 5 rings (SSSR count). The average Bonchev–Trinajstić information content (AvgIpc) is 3.27. The molecule has 210 valence electrons. The number of esters is 1. The van der Waals surface area contributed by atoms with Crippen LogP contribution in [0.15, 0.2) is 89.8 Å². The normalized spacial score (nSPS) is 12.3. The predicted molar refractivity (Wildman–Crippen MR) is 162 cm³/mol. The van der Waals surface area contributed by atoms with Crippen molar-refractivity contribution in [2.24, 2.45) is 0 Å². The molecule has 4 aromatic carbocycles. The second kappa shape index (κ2) is 11.4. The van der Waals surface area contributed by atoms with E-state index in [0.29, 0.717) is 5.69 Å². The topological polar surface area (TPSA) is 106 Å². The van der Waals surface area contributed by atoms with Crippen LogP contribution in [0.2, 0.25) is 10.0 Å². The van der Waals surface area contributed by atoms with E-state index in [0.717, 1.165) is 28.4 Å². The first kappa shape index (κ1) is 28.5. The smallest absolute Gasteiger partial charge is 0.341 e. The van der Waals surface area contributed by atoms with E-state index in [1.807, 2.05) is 30.3 Å². The molecule has 1 heterocycles. The Morgan fingerprint density at radius 3 is 2.39 bits per heavy atom. The van der Waals surface area contributed by atoms with Crippen LogP contribution in [0.4, 0.5) is 11.4 Å². The number of hydrogen-bond acceptors (Lipinski definition) is 5. The van der Waals surface area contributed by atoms with Crippen LogP contribution in [0.25, 0.3) is 21.8 Å². The molecule has 11 heteroatoms. The molecule has 0 aliphatic rings. The van der Waals surface area contributed by atoms with Crippen molar-refractivity contribution in [3.63, 3.8) is 0 Å². The Bertz CT molecular complexity index is 1920. The zero-order valence-corrected chi connectivity index (χ0v) is 24.3. The molecule has 0 radical (unpaired) electrons. The van der Waals surface area contributed by atoms with Gasteiger partial charge >= 0.3 is 5.97 Å². The molecule has 1 unspecified atom stereocenters. The van der Waals surface area contributed by atoms with Crippen LogP contribution in [-0.4, -0.2) is 31.0 Å². The van der Waals surface area contributed by atoms with E-state index in [1.54, 1.807) is 18.2 Å². The Morgan fingerprint density at radius 1 is 0.902 bits per heavy atom. The van der Waals surface area contributed by atoms with E-state index < -0.39 is 28.0 Å². The van der Waals surface area contributed by atoms with Gasteiger partial charge in [0.25, 0.3) is 15.9 Å². The van der Waals surface area contributed by atoms with Gasteiger partial charge in [0.05, 0.1) is 16.3 Å². The summed E-state index contributed by atoms with van der Waals surface area (Å²) in [6, 6.07) is 23.6. The molecule has 1 atom stereocenters. The highest BCUT2D eigenvalue weighted by Crippen LogP contribution is 2.31. The molecule has 41 heavy (non-hydrogen) atoms. The fourth-order valence-electron chi connectivity index (χ4n) is 4.63. The van der Waals surface area contributed by atoms with Gasteiger partial charge in [-0.2, -0.15) is 0 Å². The molecule has 0 spiro atoms. The Balaban J connectivity index is 1.33. The zero-order chi connectivity index (χ0) is 29.3. The third-order valence-corrected chi connectivity index (χ3v) is 8.67. The summed E-state index contributed by atoms with van der Waals surface area (Å²) < 4.78 is 36.0. The molecule has 0 saturated heterocycles. The average molecular weight is 611 g/mol. The SMILES string of the molecule is CCn1c2ccccc2c2cc(NC(=O)C(C)OC(=O)c3ccccc3NS(=O)(=O)c3cc(Cl)ccc3Cl)ccc21. The van der Waals surface area contributed by atoms with Crippen molar-refractivity contribution in [2.75, 3.05) is 10.0 Å². The van der Waals surface area contributed by atoms with E-state index in [2.05, 4.69) is 27.6 Å². The number of carbonyl (C=O) groups excluding carboxylic acids is 2. The minimum absolute atomic E-state index is 0.0373. The molecular formula is C30H25Cl2N3O5S. The molecular weight excluding hydrogens is 585 g/mol. The van der Waals surface area contributed by atoms with Crippen molar-refractivity contribution in [2.45, 2.75) is 31.4 Å². The summed E-state index contributed by atoms with van der Waals surface area (Å²) in [7, 11) is -4.20. The fraction of sp³-hybridized carbons (Fsp3) is 0.133. The minimum atomic E-state index is -4.20. The number of hydrogen-bond donors (Lipinski definition) is 2. The van der Waals surface area contributed by atoms with Gasteiger partial charge in [-0.25, -0.2) is 13.2 Å². The predicted octanol–water partition coefficient (Wildman–Crippen LogP) is 7.11. The Labute approximate surface area is 246 Å². The van der Waals surface area contributed by atoms with Crippen LogP contribution < -0.4 is 10.0 Å². The third kappa shape index (κ3) is 5.74. The second-order valence-corrected chi connectivity index (χ2v) is 11.8. The molecule has 8 nitrogen and oxygen atoms in total. The summed E-state index contributed by atoms with van der Waals surface area (Å²) in [4.78, 5) is 25.8. The molecule has 0 fully saturated rings. The Kier molecular flexibility index (Phi) is 7.95. The maximum Gasteiger partial charge on any atom is 0.341 e. The number of halogens is 2. The number of amides is 1. The van der Waals surface area contributed by atoms with Gasteiger partial charge in [0.2, 0.25) is 0 Å². The van der Waals surface area contributed by atoms with Crippen molar-refractivity contribution in [1.29, 1.82) is 0 Å². The minimum Gasteiger partial charge on any atom is -0.449 e. The largest absolute Gasteiger partial charge is 0.449 e. The number of fused-ring (bicyclic) bond motifs is 3. The van der Waals surface area contributed by atoms with Crippen molar-refractivity contribution in [3.8, 4) is 0 Å². The third-order valence-electron chi connectivity index (χ3n) is 6.58. The molecule has 1 aromatic heterocycles. The summed E-state index contributed by atoms with van der Waals surface area (Å²) in [5, 5.41) is 5.00. The fourth-order valence-corrected chi connectivity index (χ4v) is 6.47. The number of rotatable bonds is 8. The highest BCUT2D eigenvalue weighted by Gasteiger charge is 2.25. The van der Waals surface area contributed by atoms with Crippen molar-refractivity contribution >= 4 is 78.3 Å². The molecule has 0 bridgehead atoms. The van der Waals surface area contributed by atoms with Crippen molar-refractivity contribution in [1.82, 2.24) is 4.57 Å². The summed E-state index contributed by atoms with van der Waals surface area (Å²) in [6.45, 7) is 4.31. The Hall–Kier alpha value is -4.05. The van der Waals surface area contributed by atoms with E-state index in [4.69, 9.17) is 27.9 Å². The summed E-state index contributed by atoms with van der Waals surface area (Å²) in [5.74, 6) is -1.43. The van der Waals surface area contributed by atoms with Gasteiger partial charge in [-0.15, -0.1) is 0 Å². The zero-order valence-electron chi connectivity index (χ0n) is 22.0. The number of sulfonamides is 1. The monoisotopic (exact) mass is 609 g/mol. The van der Waals surface area contributed by atoms with Gasteiger partial charge in [-0.3, -0.25) is 9.52 Å². The van der Waals surface area contributed by atoms with Gasteiger partial charge in [-0.05, 0) is 68.4 Å². The van der Waals surface area contributed by atoms with E-state index in [-0.39, 0.29) is 26.2 Å². The summed E-state index contributed by atoms with van der Waals surface area (Å²) in [5.41, 5.74) is 2.57. The number of benzene rings is 4. The van der Waals surface area contributed by atoms with Crippen LogP contribution in [0.1, 0.15) is 24.2 Å². The summed E-state index contributed by atoms with van der Waals surface area (Å²) >= 11 is 12.0. The van der Waals surface area contributed by atoms with E-state index >= 15 is 0 Å². The number of aromatic nitrogens is 1. The van der Waals surface area contributed by atoms with Crippen LogP contribution in [0.3, 0.4) is 0 Å². The standard InChI is InChI=1S/C30H25Cl2N3O5S/c1-3-35-26-11-7-5-8-21(26)23-17-20(13-15-27(23)35)33-29(36)18(2)40-30(37)22-9-4-6-10-25(22)34-41(38,39)28-16-19(31)12-14-24(28)32/h4-18,34H,3H2,1-2H3,(H,33,36). The first-order chi connectivity index (χ1) is 19.6. The molecule has 0 aliphatic heterocycles. The molecule has 0 aliphatic carbocycles. The second-order valence-electron chi connectivity index (χ2n) is 9.26. The number of para-hydroxylation sites is 2. The summed E-state index contributed by atoms with van der Waals surface area (Å²) in [6.07, 6.45) is -1.18. The maximum atomic E-state index is 13.0. The van der Waals surface area contributed by atoms with Crippen LogP contribution in [0.5, 0.6) is 0 Å². The quantitative estimate of drug-likeness (QED) is 0.182. The lowest BCUT2D eigenvalue weighted by atomic mass is 10.1. The van der Waals surface area contributed by atoms with Crippen molar-refractivity contribution < 1.29 is 22.7 Å². The molecule has 5 aromatic rings. The molecule has 1 amide bonds. The number of carbonyl (C=O) groups is 2. The van der Waals surface area contributed by atoms with Crippen LogP contribution >= 0.6 is 23.2 Å². The maximum absolute atomic E-state index is 13.0. The lowest BCUT2D eigenvalue weighted by molar-refractivity contribution is -0.123. The Morgan fingerprint density at radius 2 is 1.61 bits per heavy atom. The number of anilines is 2. The molecule has 2 N–H and O–H groups in total. The highest BCUT2D eigenvalue weighted by atomic mass is 35.5. The van der Waals surface area contributed by atoms with Gasteiger partial charge < -0.3 is 14.6 Å². The number of ether oxygens (including phenoxy) is 1. The number of nitrogens with zero attached hydrogens (tertiary/aromatic N) is 1. The lowest BCUT2D eigenvalue weighted by Gasteiger charge is -2.16. The van der Waals surface area contributed by atoms with Gasteiger partial charge in [-0.1, -0.05) is 53.5 Å². The highest BCUT2D eigenvalue weighted by molar-refractivity contribution is 7.92. The first-order valence-electron chi connectivity index (χ1n) is 12.7.